The Labute approximate surface area is 138 Å². The van der Waals surface area contributed by atoms with Crippen LogP contribution in [0.1, 0.15) is 11.1 Å². The third-order valence-electron chi connectivity index (χ3n) is 3.23. The van der Waals surface area contributed by atoms with Crippen molar-refractivity contribution >= 4 is 21.9 Å². The molecule has 0 aliphatic carbocycles. The van der Waals surface area contributed by atoms with Crippen LogP contribution < -0.4 is 11.1 Å². The summed E-state index contributed by atoms with van der Waals surface area (Å²) in [5, 5.41) is 3.07. The number of rotatable bonds is 6. The van der Waals surface area contributed by atoms with E-state index >= 15 is 0 Å². The number of halogens is 2. The van der Waals surface area contributed by atoms with Gasteiger partial charge in [-0.25, -0.2) is 4.39 Å². The maximum Gasteiger partial charge on any atom is 0.188 e. The molecule has 0 bridgehead atoms. The van der Waals surface area contributed by atoms with Crippen molar-refractivity contribution in [2.24, 2.45) is 10.7 Å². The van der Waals surface area contributed by atoms with E-state index in [9.17, 15) is 4.39 Å². The fourth-order valence-electron chi connectivity index (χ4n) is 2.07. The van der Waals surface area contributed by atoms with Crippen molar-refractivity contribution in [3.05, 3.63) is 69.9 Å². The highest BCUT2D eigenvalue weighted by atomic mass is 79.9. The van der Waals surface area contributed by atoms with E-state index in [-0.39, 0.29) is 5.82 Å². The van der Waals surface area contributed by atoms with Crippen molar-refractivity contribution < 1.29 is 4.39 Å². The lowest BCUT2D eigenvalue weighted by molar-refractivity contribution is 0.609. The van der Waals surface area contributed by atoms with Gasteiger partial charge in [0.25, 0.3) is 0 Å². The molecule has 0 aliphatic rings. The maximum absolute atomic E-state index is 13.6. The predicted molar refractivity (Wildman–Crippen MR) is 92.4 cm³/mol. The molecule has 2 aromatic carbocycles. The summed E-state index contributed by atoms with van der Waals surface area (Å²) in [6.07, 6.45) is 1.41. The summed E-state index contributed by atoms with van der Waals surface area (Å²) >= 11 is 3.33. The van der Waals surface area contributed by atoms with Gasteiger partial charge in [-0.2, -0.15) is 0 Å². The van der Waals surface area contributed by atoms with Crippen molar-refractivity contribution in [2.45, 2.75) is 12.8 Å². The topological polar surface area (TPSA) is 50.4 Å². The predicted octanol–water partition coefficient (Wildman–Crippen LogP) is 3.28. The Kier molecular flexibility index (Phi) is 6.40. The largest absolute Gasteiger partial charge is 0.370 e. The Balaban J connectivity index is 1.74. The van der Waals surface area contributed by atoms with Gasteiger partial charge in [-0.3, -0.25) is 4.99 Å². The number of guanidine groups is 1. The Morgan fingerprint density at radius 2 is 1.91 bits per heavy atom. The van der Waals surface area contributed by atoms with Crippen LogP contribution in [0.4, 0.5) is 4.39 Å². The molecule has 22 heavy (non-hydrogen) atoms. The summed E-state index contributed by atoms with van der Waals surface area (Å²) < 4.78 is 14.4. The van der Waals surface area contributed by atoms with Gasteiger partial charge in [-0.15, -0.1) is 0 Å². The standard InChI is InChI=1S/C17H19BrFN3/c18-15-6-7-16(19)14(12-15)9-11-22-17(20)21-10-8-13-4-2-1-3-5-13/h1-7,12H,8-11H2,(H3,20,21,22). The SMILES string of the molecule is NC(=NCCc1cc(Br)ccc1F)NCCc1ccccc1. The van der Waals surface area contributed by atoms with Gasteiger partial charge in [0.15, 0.2) is 5.96 Å². The number of nitrogens with one attached hydrogen (secondary N) is 1. The molecule has 0 atom stereocenters. The molecular weight excluding hydrogens is 345 g/mol. The van der Waals surface area contributed by atoms with E-state index in [1.807, 2.05) is 18.2 Å². The van der Waals surface area contributed by atoms with Crippen LogP contribution in [0.25, 0.3) is 0 Å². The van der Waals surface area contributed by atoms with Gasteiger partial charge < -0.3 is 11.1 Å². The third kappa shape index (κ3) is 5.48. The van der Waals surface area contributed by atoms with Crippen molar-refractivity contribution in [1.82, 2.24) is 5.32 Å². The summed E-state index contributed by atoms with van der Waals surface area (Å²) in [7, 11) is 0. The number of nitrogens with zero attached hydrogens (tertiary/aromatic N) is 1. The Morgan fingerprint density at radius 1 is 1.14 bits per heavy atom. The molecule has 5 heteroatoms. The molecule has 0 amide bonds. The minimum atomic E-state index is -0.214. The second-order valence-corrected chi connectivity index (χ2v) is 5.83. The van der Waals surface area contributed by atoms with E-state index in [0.29, 0.717) is 24.5 Å². The molecule has 0 unspecified atom stereocenters. The smallest absolute Gasteiger partial charge is 0.188 e. The highest BCUT2D eigenvalue weighted by Crippen LogP contribution is 2.15. The van der Waals surface area contributed by atoms with E-state index in [2.05, 4.69) is 38.4 Å². The minimum absolute atomic E-state index is 0.214. The van der Waals surface area contributed by atoms with Gasteiger partial charge >= 0.3 is 0 Å². The van der Waals surface area contributed by atoms with Crippen LogP contribution in [0, 0.1) is 5.82 Å². The quantitative estimate of drug-likeness (QED) is 0.611. The Hall–Kier alpha value is -1.88. The van der Waals surface area contributed by atoms with E-state index in [1.54, 1.807) is 12.1 Å². The number of nitrogens with two attached hydrogens (primary N) is 1. The first kappa shape index (κ1) is 16.5. The third-order valence-corrected chi connectivity index (χ3v) is 3.73. The van der Waals surface area contributed by atoms with Crippen LogP contribution in [0.15, 0.2) is 58.0 Å². The van der Waals surface area contributed by atoms with Crippen molar-refractivity contribution in [2.75, 3.05) is 13.1 Å². The lowest BCUT2D eigenvalue weighted by Crippen LogP contribution is -2.33. The van der Waals surface area contributed by atoms with Crippen LogP contribution >= 0.6 is 15.9 Å². The average molecular weight is 364 g/mol. The molecule has 0 heterocycles. The molecule has 0 spiro atoms. The van der Waals surface area contributed by atoms with Crippen LogP contribution in [0.3, 0.4) is 0 Å². The summed E-state index contributed by atoms with van der Waals surface area (Å²) in [5.74, 6) is 0.181. The number of hydrogen-bond acceptors (Lipinski definition) is 1. The van der Waals surface area contributed by atoms with Crippen molar-refractivity contribution in [1.29, 1.82) is 0 Å². The first-order chi connectivity index (χ1) is 10.6. The molecule has 0 radical (unpaired) electrons. The summed E-state index contributed by atoms with van der Waals surface area (Å²) in [6.45, 7) is 1.18. The Morgan fingerprint density at radius 3 is 2.68 bits per heavy atom. The van der Waals surface area contributed by atoms with E-state index in [1.165, 1.54) is 11.6 Å². The number of hydrogen-bond donors (Lipinski definition) is 2. The molecule has 0 saturated carbocycles. The lowest BCUT2D eigenvalue weighted by Gasteiger charge is -2.06. The zero-order valence-corrected chi connectivity index (χ0v) is 13.8. The molecule has 116 valence electrons. The fraction of sp³-hybridized carbons (Fsp3) is 0.235. The van der Waals surface area contributed by atoms with E-state index in [0.717, 1.165) is 17.4 Å². The van der Waals surface area contributed by atoms with Crippen LogP contribution in [0.2, 0.25) is 0 Å². The first-order valence-corrected chi connectivity index (χ1v) is 7.96. The molecular formula is C17H19BrFN3. The molecule has 0 aromatic heterocycles. The molecule has 3 nitrogen and oxygen atoms in total. The van der Waals surface area contributed by atoms with Crippen LogP contribution in [-0.2, 0) is 12.8 Å². The lowest BCUT2D eigenvalue weighted by atomic mass is 10.1. The van der Waals surface area contributed by atoms with Crippen molar-refractivity contribution in [3.8, 4) is 0 Å². The summed E-state index contributed by atoms with van der Waals surface area (Å²) in [4.78, 5) is 4.22. The average Bonchev–Trinajstić information content (AvgIpc) is 2.52. The fourth-order valence-corrected chi connectivity index (χ4v) is 2.48. The van der Waals surface area contributed by atoms with Gasteiger partial charge in [0.1, 0.15) is 5.82 Å². The second kappa shape index (κ2) is 8.54. The van der Waals surface area contributed by atoms with Gasteiger partial charge in [0.05, 0.1) is 0 Å². The zero-order valence-electron chi connectivity index (χ0n) is 12.2. The molecule has 2 rings (SSSR count). The maximum atomic E-state index is 13.6. The molecule has 0 saturated heterocycles. The second-order valence-electron chi connectivity index (χ2n) is 4.92. The van der Waals surface area contributed by atoms with Gasteiger partial charge in [-0.05, 0) is 42.2 Å². The first-order valence-electron chi connectivity index (χ1n) is 7.17. The van der Waals surface area contributed by atoms with Crippen molar-refractivity contribution in [3.63, 3.8) is 0 Å². The Bertz CT molecular complexity index is 629. The van der Waals surface area contributed by atoms with Crippen LogP contribution in [-0.4, -0.2) is 19.0 Å². The normalized spacial score (nSPS) is 11.5. The van der Waals surface area contributed by atoms with E-state index in [4.69, 9.17) is 5.73 Å². The zero-order chi connectivity index (χ0) is 15.8. The van der Waals surface area contributed by atoms with Crippen LogP contribution in [0.5, 0.6) is 0 Å². The molecule has 2 aromatic rings. The summed E-state index contributed by atoms with van der Waals surface area (Å²) in [5.41, 5.74) is 7.69. The molecule has 0 aliphatic heterocycles. The number of benzene rings is 2. The minimum Gasteiger partial charge on any atom is -0.370 e. The van der Waals surface area contributed by atoms with Gasteiger partial charge in [-0.1, -0.05) is 46.3 Å². The van der Waals surface area contributed by atoms with Gasteiger partial charge in [0, 0.05) is 17.6 Å². The van der Waals surface area contributed by atoms with E-state index < -0.39 is 0 Å². The summed E-state index contributed by atoms with van der Waals surface area (Å²) in [6, 6.07) is 15.1. The monoisotopic (exact) mass is 363 g/mol. The number of aliphatic imine (C=N–C) groups is 1. The molecule has 3 N–H and O–H groups in total. The van der Waals surface area contributed by atoms with Gasteiger partial charge in [0.2, 0.25) is 0 Å². The highest BCUT2D eigenvalue weighted by molar-refractivity contribution is 9.10. The molecule has 0 fully saturated rings. The highest BCUT2D eigenvalue weighted by Gasteiger charge is 2.02.